The third kappa shape index (κ3) is 1.95. The molecule has 1 N–H and O–H groups in total. The molecule has 1 atom stereocenters. The Morgan fingerprint density at radius 2 is 2.32 bits per heavy atom. The first-order chi connectivity index (χ1) is 9.16. The fourth-order valence-electron chi connectivity index (χ4n) is 2.66. The molecule has 1 heterocycles. The number of carboxylic acid groups (broad SMARTS) is 1. The number of nitrogens with zero attached hydrogens (tertiary/aromatic N) is 2. The molecule has 0 saturated carbocycles. The number of aromatic carboxylic acids is 1. The van der Waals surface area contributed by atoms with Crippen LogP contribution in [0.4, 0.5) is 0 Å². The summed E-state index contributed by atoms with van der Waals surface area (Å²) in [7, 11) is 0. The summed E-state index contributed by atoms with van der Waals surface area (Å²) in [5.74, 6) is -0.902. The minimum Gasteiger partial charge on any atom is -0.478 e. The normalized spacial score (nSPS) is 18.1. The van der Waals surface area contributed by atoms with E-state index in [0.29, 0.717) is 5.56 Å². The third-order valence-corrected chi connectivity index (χ3v) is 3.68. The first-order valence-electron chi connectivity index (χ1n) is 6.19. The number of aromatic nitrogens is 2. The summed E-state index contributed by atoms with van der Waals surface area (Å²) in [6.45, 7) is 4.15. The van der Waals surface area contributed by atoms with Crippen LogP contribution in [0.1, 0.15) is 33.9 Å². The van der Waals surface area contributed by atoms with Gasteiger partial charge in [-0.05, 0) is 41.7 Å². The number of allylic oxidation sites excluding steroid dienone is 1. The van der Waals surface area contributed by atoms with Gasteiger partial charge in [0, 0.05) is 12.4 Å². The lowest BCUT2D eigenvalue weighted by atomic mass is 9.83. The molecule has 3 rings (SSSR count). The predicted molar refractivity (Wildman–Crippen MR) is 72.0 cm³/mol. The molecule has 0 amide bonds. The Balaban J connectivity index is 2.02. The number of rotatable bonds is 2. The average molecular weight is 254 g/mol. The SMILES string of the molecule is C=C1c2cc(C(=O)O)ccc2CCC1n1ccnc1. The Morgan fingerprint density at radius 1 is 1.47 bits per heavy atom. The minimum atomic E-state index is -0.902. The van der Waals surface area contributed by atoms with Crippen LogP contribution >= 0.6 is 0 Å². The summed E-state index contributed by atoms with van der Waals surface area (Å²) in [4.78, 5) is 15.1. The monoisotopic (exact) mass is 254 g/mol. The zero-order valence-corrected chi connectivity index (χ0v) is 10.4. The predicted octanol–water partition coefficient (Wildman–Crippen LogP) is 2.78. The fourth-order valence-corrected chi connectivity index (χ4v) is 2.66. The van der Waals surface area contributed by atoms with E-state index in [9.17, 15) is 4.79 Å². The molecule has 4 heteroatoms. The van der Waals surface area contributed by atoms with Crippen molar-refractivity contribution in [3.8, 4) is 0 Å². The van der Waals surface area contributed by atoms with E-state index in [2.05, 4.69) is 11.6 Å². The Bertz CT molecular complexity index is 644. The number of aryl methyl sites for hydroxylation is 1. The van der Waals surface area contributed by atoms with Crippen LogP contribution in [0.25, 0.3) is 5.57 Å². The second-order valence-electron chi connectivity index (χ2n) is 4.77. The molecule has 0 radical (unpaired) electrons. The van der Waals surface area contributed by atoms with Gasteiger partial charge >= 0.3 is 5.97 Å². The van der Waals surface area contributed by atoms with Crippen molar-refractivity contribution >= 4 is 11.5 Å². The quantitative estimate of drug-likeness (QED) is 0.896. The maximum Gasteiger partial charge on any atom is 0.335 e. The fraction of sp³-hybridized carbons (Fsp3) is 0.200. The van der Waals surface area contributed by atoms with Crippen LogP contribution in [0.15, 0.2) is 43.5 Å². The highest BCUT2D eigenvalue weighted by Gasteiger charge is 2.24. The molecule has 0 aliphatic heterocycles. The van der Waals surface area contributed by atoms with Crippen LogP contribution in [0.2, 0.25) is 0 Å². The van der Waals surface area contributed by atoms with Crippen molar-refractivity contribution in [3.63, 3.8) is 0 Å². The topological polar surface area (TPSA) is 55.1 Å². The molecule has 19 heavy (non-hydrogen) atoms. The van der Waals surface area contributed by atoms with Gasteiger partial charge in [0.05, 0.1) is 17.9 Å². The van der Waals surface area contributed by atoms with E-state index in [0.717, 1.165) is 24.0 Å². The standard InChI is InChI=1S/C15H14N2O2/c1-10-13-8-12(15(18)19)3-2-11(13)4-5-14(10)17-7-6-16-9-17/h2-3,6-9,14H,1,4-5H2,(H,18,19). The van der Waals surface area contributed by atoms with Crippen molar-refractivity contribution in [2.24, 2.45) is 0 Å². The molecule has 0 saturated heterocycles. The zero-order valence-electron chi connectivity index (χ0n) is 10.4. The molecular formula is C15H14N2O2. The highest BCUT2D eigenvalue weighted by molar-refractivity contribution is 5.89. The lowest BCUT2D eigenvalue weighted by molar-refractivity contribution is 0.0697. The van der Waals surface area contributed by atoms with Crippen LogP contribution in [0.5, 0.6) is 0 Å². The van der Waals surface area contributed by atoms with Gasteiger partial charge in [-0.2, -0.15) is 0 Å². The summed E-state index contributed by atoms with van der Waals surface area (Å²) in [6.07, 6.45) is 7.34. The number of carbonyl (C=O) groups is 1. The Morgan fingerprint density at radius 3 is 3.00 bits per heavy atom. The summed E-state index contributed by atoms with van der Waals surface area (Å²) in [5, 5.41) is 9.08. The third-order valence-electron chi connectivity index (χ3n) is 3.68. The van der Waals surface area contributed by atoms with Crippen LogP contribution in [-0.4, -0.2) is 20.6 Å². The van der Waals surface area contributed by atoms with E-state index in [1.807, 2.05) is 16.8 Å². The maximum atomic E-state index is 11.1. The van der Waals surface area contributed by atoms with Gasteiger partial charge in [-0.25, -0.2) is 9.78 Å². The van der Waals surface area contributed by atoms with Crippen LogP contribution < -0.4 is 0 Å². The molecular weight excluding hydrogens is 240 g/mol. The summed E-state index contributed by atoms with van der Waals surface area (Å²) >= 11 is 0. The molecule has 1 aliphatic rings. The second kappa shape index (κ2) is 4.39. The molecule has 0 spiro atoms. The molecule has 2 aromatic rings. The van der Waals surface area contributed by atoms with Gasteiger partial charge in [0.2, 0.25) is 0 Å². The lowest BCUT2D eigenvalue weighted by Crippen LogP contribution is -2.16. The second-order valence-corrected chi connectivity index (χ2v) is 4.77. The van der Waals surface area contributed by atoms with Crippen molar-refractivity contribution in [3.05, 3.63) is 60.2 Å². The Labute approximate surface area is 111 Å². The van der Waals surface area contributed by atoms with Crippen LogP contribution in [-0.2, 0) is 6.42 Å². The van der Waals surface area contributed by atoms with E-state index in [1.165, 1.54) is 5.56 Å². The summed E-state index contributed by atoms with van der Waals surface area (Å²) in [5.41, 5.74) is 3.41. The number of hydrogen-bond donors (Lipinski definition) is 1. The number of benzene rings is 1. The Kier molecular flexibility index (Phi) is 2.71. The van der Waals surface area contributed by atoms with Gasteiger partial charge in [0.1, 0.15) is 0 Å². The molecule has 1 aromatic carbocycles. The van der Waals surface area contributed by atoms with E-state index in [1.54, 1.807) is 24.7 Å². The van der Waals surface area contributed by atoms with E-state index >= 15 is 0 Å². The van der Waals surface area contributed by atoms with E-state index < -0.39 is 5.97 Å². The van der Waals surface area contributed by atoms with Crippen molar-refractivity contribution in [1.29, 1.82) is 0 Å². The van der Waals surface area contributed by atoms with Gasteiger partial charge in [-0.3, -0.25) is 0 Å². The molecule has 0 bridgehead atoms. The first kappa shape index (κ1) is 11.7. The van der Waals surface area contributed by atoms with Gasteiger partial charge < -0.3 is 9.67 Å². The van der Waals surface area contributed by atoms with E-state index in [-0.39, 0.29) is 6.04 Å². The number of carboxylic acids is 1. The molecule has 1 unspecified atom stereocenters. The number of fused-ring (bicyclic) bond motifs is 1. The average Bonchev–Trinajstić information content (AvgIpc) is 2.92. The van der Waals surface area contributed by atoms with Crippen molar-refractivity contribution in [1.82, 2.24) is 9.55 Å². The van der Waals surface area contributed by atoms with E-state index in [4.69, 9.17) is 5.11 Å². The van der Waals surface area contributed by atoms with Crippen LogP contribution in [0, 0.1) is 0 Å². The van der Waals surface area contributed by atoms with Gasteiger partial charge in [-0.1, -0.05) is 12.6 Å². The minimum absolute atomic E-state index is 0.166. The summed E-state index contributed by atoms with van der Waals surface area (Å²) < 4.78 is 2.03. The van der Waals surface area contributed by atoms with Gasteiger partial charge in [-0.15, -0.1) is 0 Å². The van der Waals surface area contributed by atoms with Crippen molar-refractivity contribution in [2.45, 2.75) is 18.9 Å². The smallest absolute Gasteiger partial charge is 0.335 e. The lowest BCUT2D eigenvalue weighted by Gasteiger charge is -2.28. The first-order valence-corrected chi connectivity index (χ1v) is 6.19. The molecule has 1 aromatic heterocycles. The summed E-state index contributed by atoms with van der Waals surface area (Å²) in [6, 6.07) is 5.45. The zero-order chi connectivity index (χ0) is 13.4. The van der Waals surface area contributed by atoms with Crippen molar-refractivity contribution < 1.29 is 9.90 Å². The molecule has 96 valence electrons. The largest absolute Gasteiger partial charge is 0.478 e. The maximum absolute atomic E-state index is 11.1. The van der Waals surface area contributed by atoms with Crippen molar-refractivity contribution in [2.75, 3.05) is 0 Å². The molecule has 4 nitrogen and oxygen atoms in total. The highest BCUT2D eigenvalue weighted by atomic mass is 16.4. The van der Waals surface area contributed by atoms with Gasteiger partial charge in [0.15, 0.2) is 0 Å². The molecule has 1 aliphatic carbocycles. The number of imidazole rings is 1. The van der Waals surface area contributed by atoms with Gasteiger partial charge in [0.25, 0.3) is 0 Å². The number of hydrogen-bond acceptors (Lipinski definition) is 2. The Hall–Kier alpha value is -2.36. The van der Waals surface area contributed by atoms with Crippen LogP contribution in [0.3, 0.4) is 0 Å². The highest BCUT2D eigenvalue weighted by Crippen LogP contribution is 2.37. The molecule has 0 fully saturated rings.